The molecule has 0 aliphatic heterocycles. The van der Waals surface area contributed by atoms with Crippen LogP contribution in [0.4, 0.5) is 5.69 Å². The minimum absolute atomic E-state index is 0.162. The Labute approximate surface area is 111 Å². The van der Waals surface area contributed by atoms with E-state index in [0.29, 0.717) is 10.8 Å². The molecule has 0 fully saturated rings. The fraction of sp³-hybridized carbons (Fsp3) is 0.455. The quantitative estimate of drug-likeness (QED) is 0.831. The van der Waals surface area contributed by atoms with Crippen molar-refractivity contribution in [3.8, 4) is 0 Å². The monoisotopic (exact) mass is 275 g/mol. The van der Waals surface area contributed by atoms with Gasteiger partial charge >= 0.3 is 0 Å². The Morgan fingerprint density at radius 1 is 1.29 bits per heavy atom. The molecular formula is C11H15Cl2N3O. The fourth-order valence-electron chi connectivity index (χ4n) is 1.32. The van der Waals surface area contributed by atoms with Gasteiger partial charge in [0.05, 0.1) is 11.7 Å². The van der Waals surface area contributed by atoms with E-state index in [1.165, 1.54) is 0 Å². The number of pyridine rings is 1. The molecule has 1 heterocycles. The Morgan fingerprint density at radius 3 is 2.47 bits per heavy atom. The summed E-state index contributed by atoms with van der Waals surface area (Å²) < 4.78 is 0. The maximum Gasteiger partial charge on any atom is 0.241 e. The minimum atomic E-state index is -0.304. The first kappa shape index (κ1) is 14.2. The third-order valence-corrected chi connectivity index (χ3v) is 2.55. The average molecular weight is 276 g/mol. The van der Waals surface area contributed by atoms with Crippen LogP contribution in [-0.2, 0) is 4.79 Å². The van der Waals surface area contributed by atoms with Gasteiger partial charge in [0.1, 0.15) is 5.15 Å². The smallest absolute Gasteiger partial charge is 0.241 e. The van der Waals surface area contributed by atoms with Gasteiger partial charge in [0.25, 0.3) is 0 Å². The zero-order chi connectivity index (χ0) is 13.0. The molecular weight excluding hydrogens is 261 g/mol. The Bertz CT molecular complexity index is 410. The highest BCUT2D eigenvalue weighted by atomic mass is 35.5. The highest BCUT2D eigenvalue weighted by Gasteiger charge is 2.15. The van der Waals surface area contributed by atoms with Gasteiger partial charge < -0.3 is 10.6 Å². The number of amides is 1. The van der Waals surface area contributed by atoms with Crippen molar-refractivity contribution in [2.45, 2.75) is 32.9 Å². The van der Waals surface area contributed by atoms with E-state index in [1.807, 2.05) is 13.8 Å². The molecule has 0 saturated carbocycles. The van der Waals surface area contributed by atoms with Crippen LogP contribution in [0.25, 0.3) is 0 Å². The molecule has 1 amide bonds. The molecule has 1 atom stereocenters. The van der Waals surface area contributed by atoms with Gasteiger partial charge in [-0.3, -0.25) is 4.79 Å². The summed E-state index contributed by atoms with van der Waals surface area (Å²) in [6, 6.07) is 3.12. The van der Waals surface area contributed by atoms with E-state index in [2.05, 4.69) is 15.6 Å². The second kappa shape index (κ2) is 6.19. The molecule has 6 heteroatoms. The number of carbonyl (C=O) groups excluding carboxylic acids is 1. The zero-order valence-corrected chi connectivity index (χ0v) is 11.4. The lowest BCUT2D eigenvalue weighted by Crippen LogP contribution is -2.41. The summed E-state index contributed by atoms with van der Waals surface area (Å²) >= 11 is 11.5. The topological polar surface area (TPSA) is 54.0 Å². The number of aromatic nitrogens is 1. The van der Waals surface area contributed by atoms with Crippen molar-refractivity contribution in [2.75, 3.05) is 5.32 Å². The number of hydrogen-bond donors (Lipinski definition) is 2. The third kappa shape index (κ3) is 4.50. The van der Waals surface area contributed by atoms with Gasteiger partial charge in [0.2, 0.25) is 5.91 Å². The maximum atomic E-state index is 11.8. The number of carbonyl (C=O) groups is 1. The molecule has 2 N–H and O–H groups in total. The first-order chi connectivity index (χ1) is 7.90. The molecule has 17 heavy (non-hydrogen) atoms. The van der Waals surface area contributed by atoms with Gasteiger partial charge in [0, 0.05) is 6.04 Å². The van der Waals surface area contributed by atoms with E-state index in [-0.39, 0.29) is 23.1 Å². The lowest BCUT2D eigenvalue weighted by atomic mass is 10.2. The fourth-order valence-corrected chi connectivity index (χ4v) is 1.71. The van der Waals surface area contributed by atoms with Gasteiger partial charge in [-0.05, 0) is 19.1 Å². The number of nitrogens with one attached hydrogen (secondary N) is 2. The highest BCUT2D eigenvalue weighted by Crippen LogP contribution is 2.21. The summed E-state index contributed by atoms with van der Waals surface area (Å²) in [4.78, 5) is 15.6. The van der Waals surface area contributed by atoms with Gasteiger partial charge in [-0.15, -0.1) is 0 Å². The Morgan fingerprint density at radius 2 is 1.94 bits per heavy atom. The summed E-state index contributed by atoms with van der Waals surface area (Å²) in [6.45, 7) is 5.73. The molecule has 1 rings (SSSR count). The average Bonchev–Trinajstić information content (AvgIpc) is 2.21. The van der Waals surface area contributed by atoms with Crippen molar-refractivity contribution in [3.63, 3.8) is 0 Å². The standard InChI is InChI=1S/C11H15Cl2N3O/c1-6(2)14-7(3)11(17)15-8-4-5-9(12)16-10(8)13/h4-7,14H,1-3H3,(H,15,17)/t7-/m1/s1. The minimum Gasteiger partial charge on any atom is -0.322 e. The van der Waals surface area contributed by atoms with E-state index >= 15 is 0 Å². The molecule has 0 saturated heterocycles. The molecule has 1 aromatic heterocycles. The zero-order valence-electron chi connectivity index (χ0n) is 9.92. The Hall–Kier alpha value is -0.840. The maximum absolute atomic E-state index is 11.8. The van der Waals surface area contributed by atoms with Crippen molar-refractivity contribution < 1.29 is 4.79 Å². The van der Waals surface area contributed by atoms with Crippen molar-refractivity contribution in [1.82, 2.24) is 10.3 Å². The first-order valence-corrected chi connectivity index (χ1v) is 6.04. The predicted molar refractivity (Wildman–Crippen MR) is 70.6 cm³/mol. The van der Waals surface area contributed by atoms with Crippen LogP contribution in [0, 0.1) is 0 Å². The van der Waals surface area contributed by atoms with Crippen LogP contribution >= 0.6 is 23.2 Å². The van der Waals surface area contributed by atoms with Crippen LogP contribution in [0.1, 0.15) is 20.8 Å². The van der Waals surface area contributed by atoms with Crippen molar-refractivity contribution in [3.05, 3.63) is 22.4 Å². The molecule has 0 aromatic carbocycles. The number of hydrogen-bond acceptors (Lipinski definition) is 3. The van der Waals surface area contributed by atoms with Gasteiger partial charge in [-0.25, -0.2) is 4.98 Å². The third-order valence-electron chi connectivity index (χ3n) is 2.05. The molecule has 0 radical (unpaired) electrons. The number of anilines is 1. The van der Waals surface area contributed by atoms with Gasteiger partial charge in [-0.2, -0.15) is 0 Å². The second-order valence-electron chi connectivity index (χ2n) is 4.00. The highest BCUT2D eigenvalue weighted by molar-refractivity contribution is 6.34. The summed E-state index contributed by atoms with van der Waals surface area (Å²) in [7, 11) is 0. The SMILES string of the molecule is CC(C)N[C@H](C)C(=O)Nc1ccc(Cl)nc1Cl. The van der Waals surface area contributed by atoms with Gasteiger partial charge in [0.15, 0.2) is 5.15 Å². The number of nitrogens with zero attached hydrogens (tertiary/aromatic N) is 1. The van der Waals surface area contributed by atoms with E-state index in [0.717, 1.165) is 0 Å². The molecule has 1 aromatic rings. The first-order valence-electron chi connectivity index (χ1n) is 5.29. The molecule has 0 aliphatic carbocycles. The Kier molecular flexibility index (Phi) is 5.18. The van der Waals surface area contributed by atoms with E-state index in [4.69, 9.17) is 23.2 Å². The van der Waals surface area contributed by atoms with Crippen LogP contribution in [0.5, 0.6) is 0 Å². The molecule has 4 nitrogen and oxygen atoms in total. The summed E-state index contributed by atoms with van der Waals surface area (Å²) in [5, 5.41) is 6.26. The summed E-state index contributed by atoms with van der Waals surface area (Å²) in [6.07, 6.45) is 0. The molecule has 0 aliphatic rings. The molecule has 0 bridgehead atoms. The van der Waals surface area contributed by atoms with Crippen molar-refractivity contribution in [1.29, 1.82) is 0 Å². The van der Waals surface area contributed by atoms with Crippen LogP contribution in [-0.4, -0.2) is 23.0 Å². The van der Waals surface area contributed by atoms with Crippen LogP contribution < -0.4 is 10.6 Å². The van der Waals surface area contributed by atoms with Crippen LogP contribution in [0.15, 0.2) is 12.1 Å². The molecule has 0 unspecified atom stereocenters. The normalized spacial score (nSPS) is 12.6. The summed E-state index contributed by atoms with van der Waals surface area (Å²) in [5.41, 5.74) is 0.457. The molecule has 0 spiro atoms. The number of halogens is 2. The van der Waals surface area contributed by atoms with Gasteiger partial charge in [-0.1, -0.05) is 37.0 Å². The molecule has 94 valence electrons. The van der Waals surface area contributed by atoms with E-state index in [9.17, 15) is 4.79 Å². The number of rotatable bonds is 4. The van der Waals surface area contributed by atoms with Crippen LogP contribution in [0.3, 0.4) is 0 Å². The lowest BCUT2D eigenvalue weighted by Gasteiger charge is -2.16. The predicted octanol–water partition coefficient (Wildman–Crippen LogP) is 2.71. The van der Waals surface area contributed by atoms with E-state index < -0.39 is 0 Å². The largest absolute Gasteiger partial charge is 0.322 e. The van der Waals surface area contributed by atoms with E-state index in [1.54, 1.807) is 19.1 Å². The van der Waals surface area contributed by atoms with Crippen molar-refractivity contribution >= 4 is 34.8 Å². The second-order valence-corrected chi connectivity index (χ2v) is 4.75. The Balaban J connectivity index is 2.67. The van der Waals surface area contributed by atoms with Crippen molar-refractivity contribution in [2.24, 2.45) is 0 Å². The van der Waals surface area contributed by atoms with Crippen LogP contribution in [0.2, 0.25) is 10.3 Å². The lowest BCUT2D eigenvalue weighted by molar-refractivity contribution is -0.117. The summed E-state index contributed by atoms with van der Waals surface area (Å²) in [5.74, 6) is -0.162.